The molecule has 174 valence electrons. The number of carbonyl (C=O) groups excluding carboxylic acids is 1. The Hall–Kier alpha value is -4.60. The number of nitrogens with one attached hydrogen (secondary N) is 3. The summed E-state index contributed by atoms with van der Waals surface area (Å²) >= 11 is 0. The molecule has 0 radical (unpaired) electrons. The Balaban J connectivity index is 1.73. The zero-order valence-corrected chi connectivity index (χ0v) is 19.4. The van der Waals surface area contributed by atoms with Crippen molar-refractivity contribution in [2.75, 3.05) is 24.7 Å². The number of nitrogens with zero attached hydrogens (tertiary/aromatic N) is 5. The lowest BCUT2D eigenvalue weighted by molar-refractivity contribution is 0.102. The Morgan fingerprint density at radius 1 is 1.09 bits per heavy atom. The Morgan fingerprint density at radius 3 is 2.38 bits per heavy atom. The average molecular weight is 459 g/mol. The summed E-state index contributed by atoms with van der Waals surface area (Å²) in [6.07, 6.45) is 1.55. The van der Waals surface area contributed by atoms with Crippen LogP contribution in [0.15, 0.2) is 70.5 Å². The lowest BCUT2D eigenvalue weighted by Gasteiger charge is -2.08. The Morgan fingerprint density at radius 2 is 1.74 bits per heavy atom. The van der Waals surface area contributed by atoms with Crippen LogP contribution in [0.1, 0.15) is 16.1 Å². The third kappa shape index (κ3) is 4.46. The molecule has 0 aliphatic carbocycles. The van der Waals surface area contributed by atoms with Crippen molar-refractivity contribution < 1.29 is 4.79 Å². The van der Waals surface area contributed by atoms with Crippen LogP contribution in [0, 0.1) is 6.92 Å². The summed E-state index contributed by atoms with van der Waals surface area (Å²) in [5.74, 6) is 0.0530. The minimum absolute atomic E-state index is 0.186. The standard InChI is InChI=1S/C24H26N8O2/c1-16-20(24(34)32(31(16)4)18-13-9-6-10-14-18)27-23(33)19-21(25-15-30(2)3)28-29-22(19)26-17-11-7-5-8-12-17/h5-15H,1-4H3,(H,27,33)(H2,26,28,29). The number of amides is 1. The Bertz CT molecular complexity index is 1380. The highest BCUT2D eigenvalue weighted by Gasteiger charge is 2.24. The van der Waals surface area contributed by atoms with Crippen LogP contribution in [-0.2, 0) is 7.05 Å². The van der Waals surface area contributed by atoms with E-state index in [1.165, 1.54) is 4.68 Å². The van der Waals surface area contributed by atoms with Crippen molar-refractivity contribution in [1.82, 2.24) is 24.5 Å². The van der Waals surface area contributed by atoms with Gasteiger partial charge < -0.3 is 15.5 Å². The number of hydrogen-bond donors (Lipinski definition) is 3. The highest BCUT2D eigenvalue weighted by molar-refractivity contribution is 6.11. The van der Waals surface area contributed by atoms with Crippen molar-refractivity contribution >= 4 is 35.3 Å². The van der Waals surface area contributed by atoms with Crippen LogP contribution in [-0.4, -0.2) is 50.8 Å². The smallest absolute Gasteiger partial charge is 0.295 e. The van der Waals surface area contributed by atoms with Gasteiger partial charge in [0, 0.05) is 26.8 Å². The molecule has 0 atom stereocenters. The first-order valence-electron chi connectivity index (χ1n) is 10.6. The average Bonchev–Trinajstić information content (AvgIpc) is 3.32. The number of para-hydroxylation sites is 2. The largest absolute Gasteiger partial charge is 0.369 e. The van der Waals surface area contributed by atoms with E-state index in [-0.39, 0.29) is 22.6 Å². The third-order valence-corrected chi connectivity index (χ3v) is 5.22. The van der Waals surface area contributed by atoms with Gasteiger partial charge in [0.25, 0.3) is 11.5 Å². The van der Waals surface area contributed by atoms with E-state index in [0.717, 1.165) is 5.69 Å². The molecule has 3 N–H and O–H groups in total. The molecule has 4 rings (SSSR count). The molecule has 0 bridgehead atoms. The molecule has 2 aromatic carbocycles. The molecule has 0 fully saturated rings. The maximum absolute atomic E-state index is 13.5. The second kappa shape index (κ2) is 9.49. The van der Waals surface area contributed by atoms with Crippen molar-refractivity contribution in [3.8, 4) is 5.69 Å². The van der Waals surface area contributed by atoms with Gasteiger partial charge in [0.1, 0.15) is 17.1 Å². The number of anilines is 3. The van der Waals surface area contributed by atoms with Crippen LogP contribution < -0.4 is 16.2 Å². The van der Waals surface area contributed by atoms with E-state index in [4.69, 9.17) is 0 Å². The predicted molar refractivity (Wildman–Crippen MR) is 134 cm³/mol. The number of H-pyrrole nitrogens is 1. The monoisotopic (exact) mass is 458 g/mol. The van der Waals surface area contributed by atoms with Crippen LogP contribution in [0.25, 0.3) is 5.69 Å². The van der Waals surface area contributed by atoms with E-state index in [2.05, 4.69) is 25.8 Å². The van der Waals surface area contributed by atoms with E-state index < -0.39 is 5.91 Å². The molecule has 0 aliphatic rings. The summed E-state index contributed by atoms with van der Waals surface area (Å²) in [6.45, 7) is 1.78. The van der Waals surface area contributed by atoms with Gasteiger partial charge in [-0.05, 0) is 31.2 Å². The number of aromatic amines is 1. The zero-order chi connectivity index (χ0) is 24.2. The van der Waals surface area contributed by atoms with Gasteiger partial charge in [-0.1, -0.05) is 36.4 Å². The van der Waals surface area contributed by atoms with Crippen molar-refractivity contribution in [1.29, 1.82) is 0 Å². The highest BCUT2D eigenvalue weighted by atomic mass is 16.2. The molecular weight excluding hydrogens is 432 g/mol. The van der Waals surface area contributed by atoms with Gasteiger partial charge in [-0.25, -0.2) is 9.67 Å². The molecule has 0 saturated carbocycles. The van der Waals surface area contributed by atoms with E-state index in [1.54, 1.807) is 29.9 Å². The predicted octanol–water partition coefficient (Wildman–Crippen LogP) is 3.42. The van der Waals surface area contributed by atoms with Crippen molar-refractivity contribution in [3.05, 3.63) is 82.3 Å². The lowest BCUT2D eigenvalue weighted by Crippen LogP contribution is -2.23. The third-order valence-electron chi connectivity index (χ3n) is 5.22. The first-order chi connectivity index (χ1) is 16.4. The van der Waals surface area contributed by atoms with Crippen molar-refractivity contribution in [2.24, 2.45) is 12.0 Å². The Labute approximate surface area is 196 Å². The minimum Gasteiger partial charge on any atom is -0.369 e. The van der Waals surface area contributed by atoms with Gasteiger partial charge >= 0.3 is 0 Å². The summed E-state index contributed by atoms with van der Waals surface area (Å²) < 4.78 is 3.21. The molecular formula is C24H26N8O2. The fourth-order valence-corrected chi connectivity index (χ4v) is 3.46. The topological polar surface area (TPSA) is 112 Å². The summed E-state index contributed by atoms with van der Waals surface area (Å²) in [5.41, 5.74) is 2.12. The van der Waals surface area contributed by atoms with Gasteiger partial charge in [0.2, 0.25) is 0 Å². The number of hydrogen-bond acceptors (Lipinski definition) is 5. The summed E-state index contributed by atoms with van der Waals surface area (Å²) in [7, 11) is 5.41. The first-order valence-corrected chi connectivity index (χ1v) is 10.6. The molecule has 0 spiro atoms. The first kappa shape index (κ1) is 22.6. The molecule has 2 heterocycles. The molecule has 0 aliphatic heterocycles. The summed E-state index contributed by atoms with van der Waals surface area (Å²) in [4.78, 5) is 32.8. The molecule has 1 amide bonds. The summed E-state index contributed by atoms with van der Waals surface area (Å²) in [5, 5.41) is 13.0. The van der Waals surface area contributed by atoms with Gasteiger partial charge in [0.15, 0.2) is 5.82 Å². The fourth-order valence-electron chi connectivity index (χ4n) is 3.46. The van der Waals surface area contributed by atoms with Gasteiger partial charge in [-0.3, -0.25) is 19.4 Å². The van der Waals surface area contributed by atoms with E-state index in [9.17, 15) is 9.59 Å². The maximum Gasteiger partial charge on any atom is 0.295 e. The van der Waals surface area contributed by atoms with E-state index in [0.29, 0.717) is 17.2 Å². The van der Waals surface area contributed by atoms with Crippen LogP contribution >= 0.6 is 0 Å². The van der Waals surface area contributed by atoms with Gasteiger partial charge in [-0.2, -0.15) is 5.10 Å². The molecule has 2 aromatic heterocycles. The zero-order valence-electron chi connectivity index (χ0n) is 19.4. The van der Waals surface area contributed by atoms with Gasteiger partial charge in [0.05, 0.1) is 17.7 Å². The quantitative estimate of drug-likeness (QED) is 0.290. The van der Waals surface area contributed by atoms with Crippen molar-refractivity contribution in [2.45, 2.75) is 6.92 Å². The normalized spacial score (nSPS) is 11.1. The van der Waals surface area contributed by atoms with Crippen LogP contribution in [0.5, 0.6) is 0 Å². The number of carbonyl (C=O) groups is 1. The highest BCUT2D eigenvalue weighted by Crippen LogP contribution is 2.28. The van der Waals surface area contributed by atoms with Crippen molar-refractivity contribution in [3.63, 3.8) is 0 Å². The molecule has 0 saturated heterocycles. The fraction of sp³-hybridized carbons (Fsp3) is 0.167. The molecule has 0 unspecified atom stereocenters. The van der Waals surface area contributed by atoms with Crippen LogP contribution in [0.3, 0.4) is 0 Å². The Kier molecular flexibility index (Phi) is 6.30. The maximum atomic E-state index is 13.5. The number of benzene rings is 2. The van der Waals surface area contributed by atoms with E-state index in [1.807, 2.05) is 74.8 Å². The number of rotatable bonds is 7. The lowest BCUT2D eigenvalue weighted by atomic mass is 10.2. The molecule has 10 heteroatoms. The minimum atomic E-state index is -0.510. The number of aromatic nitrogens is 4. The SMILES string of the molecule is Cc1c(NC(=O)c2c(N=CN(C)C)n[nH]c2Nc2ccccc2)c(=O)n(-c2ccccc2)n1C. The second-order valence-electron chi connectivity index (χ2n) is 7.89. The van der Waals surface area contributed by atoms with E-state index >= 15 is 0 Å². The van der Waals surface area contributed by atoms with Gasteiger partial charge in [-0.15, -0.1) is 0 Å². The molecule has 34 heavy (non-hydrogen) atoms. The molecule has 4 aromatic rings. The summed E-state index contributed by atoms with van der Waals surface area (Å²) in [6, 6.07) is 18.6. The molecule has 10 nitrogen and oxygen atoms in total. The van der Waals surface area contributed by atoms with Crippen LogP contribution in [0.4, 0.5) is 23.0 Å². The number of aliphatic imine (C=N–C) groups is 1. The van der Waals surface area contributed by atoms with Crippen LogP contribution in [0.2, 0.25) is 0 Å². The second-order valence-corrected chi connectivity index (χ2v) is 7.89.